The number of oxazole rings is 1. The maximum Gasteiger partial charge on any atom is 0.199 e. The molecule has 1 atom stereocenters. The van der Waals surface area contributed by atoms with Crippen LogP contribution in [0.15, 0.2) is 51.9 Å². The van der Waals surface area contributed by atoms with Gasteiger partial charge in [0.05, 0.1) is 16.3 Å². The molecule has 1 aliphatic heterocycles. The number of nitrogens with zero attached hydrogens (tertiary/aromatic N) is 3. The van der Waals surface area contributed by atoms with Gasteiger partial charge in [-0.3, -0.25) is 9.88 Å². The molecule has 1 aromatic carbocycles. The van der Waals surface area contributed by atoms with Gasteiger partial charge in [0, 0.05) is 25.2 Å². The van der Waals surface area contributed by atoms with E-state index in [9.17, 15) is 8.42 Å². The Bertz CT molecular complexity index is 1010. The Hall–Kier alpha value is -2.25. The highest BCUT2D eigenvalue weighted by atomic mass is 32.2. The van der Waals surface area contributed by atoms with Crippen molar-refractivity contribution >= 4 is 20.9 Å². The van der Waals surface area contributed by atoms with Gasteiger partial charge in [-0.1, -0.05) is 13.0 Å². The maximum atomic E-state index is 12.1. The second-order valence-corrected chi connectivity index (χ2v) is 8.91. The number of hydrogen-bond donors (Lipinski definition) is 0. The summed E-state index contributed by atoms with van der Waals surface area (Å²) < 4.78 is 30.0. The van der Waals surface area contributed by atoms with Gasteiger partial charge in [-0.25, -0.2) is 13.4 Å². The Kier molecular flexibility index (Phi) is 4.50. The number of aromatic nitrogens is 2. The third-order valence-electron chi connectivity index (χ3n) is 4.85. The zero-order chi connectivity index (χ0) is 18.1. The van der Waals surface area contributed by atoms with Crippen LogP contribution >= 0.6 is 0 Å². The van der Waals surface area contributed by atoms with Crippen LogP contribution in [0.4, 0.5) is 0 Å². The van der Waals surface area contributed by atoms with Crippen molar-refractivity contribution in [2.75, 3.05) is 18.8 Å². The SMILES string of the molecule is CCS(=O)(=O)c1ccc2oc([C@H]3CCN(Cc4ccccn4)C3)nc2c1. The van der Waals surface area contributed by atoms with Crippen molar-refractivity contribution < 1.29 is 12.8 Å². The summed E-state index contributed by atoms with van der Waals surface area (Å²) in [6, 6.07) is 10.9. The van der Waals surface area contributed by atoms with Crippen LogP contribution in [0.5, 0.6) is 0 Å². The van der Waals surface area contributed by atoms with E-state index in [2.05, 4.69) is 14.9 Å². The fourth-order valence-corrected chi connectivity index (χ4v) is 4.26. The van der Waals surface area contributed by atoms with E-state index in [0.29, 0.717) is 21.9 Å². The molecular formula is C19H21N3O3S. The lowest BCUT2D eigenvalue weighted by Crippen LogP contribution is -2.20. The molecule has 136 valence electrons. The van der Waals surface area contributed by atoms with Gasteiger partial charge in [0.1, 0.15) is 5.52 Å². The first-order valence-electron chi connectivity index (χ1n) is 8.80. The predicted molar refractivity (Wildman–Crippen MR) is 98.6 cm³/mol. The molecule has 0 radical (unpaired) electrons. The third kappa shape index (κ3) is 3.37. The van der Waals surface area contributed by atoms with Crippen LogP contribution in [0.1, 0.15) is 30.8 Å². The zero-order valence-electron chi connectivity index (χ0n) is 14.6. The Labute approximate surface area is 152 Å². The average molecular weight is 371 g/mol. The number of likely N-dealkylation sites (tertiary alicyclic amines) is 1. The first kappa shape index (κ1) is 17.2. The lowest BCUT2D eigenvalue weighted by atomic mass is 10.1. The molecule has 26 heavy (non-hydrogen) atoms. The molecule has 4 rings (SSSR count). The van der Waals surface area contributed by atoms with Gasteiger partial charge in [0.15, 0.2) is 21.3 Å². The number of hydrogen-bond acceptors (Lipinski definition) is 6. The molecule has 0 N–H and O–H groups in total. The van der Waals surface area contributed by atoms with Gasteiger partial charge in [0.2, 0.25) is 0 Å². The van der Waals surface area contributed by atoms with Crippen LogP contribution in [-0.2, 0) is 16.4 Å². The second-order valence-electron chi connectivity index (χ2n) is 6.63. The summed E-state index contributed by atoms with van der Waals surface area (Å²) in [6.07, 6.45) is 2.78. The van der Waals surface area contributed by atoms with Crippen LogP contribution in [-0.4, -0.2) is 42.1 Å². The minimum Gasteiger partial charge on any atom is -0.440 e. The van der Waals surface area contributed by atoms with E-state index in [1.165, 1.54) is 0 Å². The van der Waals surface area contributed by atoms with Gasteiger partial charge < -0.3 is 4.42 Å². The summed E-state index contributed by atoms with van der Waals surface area (Å²) in [7, 11) is -3.24. The Morgan fingerprint density at radius 2 is 2.15 bits per heavy atom. The van der Waals surface area contributed by atoms with Crippen molar-refractivity contribution in [3.05, 3.63) is 54.2 Å². The molecule has 2 aromatic heterocycles. The summed E-state index contributed by atoms with van der Waals surface area (Å²) in [5, 5.41) is 0. The van der Waals surface area contributed by atoms with Gasteiger partial charge >= 0.3 is 0 Å². The quantitative estimate of drug-likeness (QED) is 0.686. The molecule has 0 spiro atoms. The summed E-state index contributed by atoms with van der Waals surface area (Å²) in [6.45, 7) is 4.29. The topological polar surface area (TPSA) is 76.3 Å². The number of rotatable bonds is 5. The van der Waals surface area contributed by atoms with Crippen molar-refractivity contribution in [1.29, 1.82) is 0 Å². The molecule has 3 aromatic rings. The number of pyridine rings is 1. The predicted octanol–water partition coefficient (Wildman–Crippen LogP) is 3.01. The molecule has 6 nitrogen and oxygen atoms in total. The highest BCUT2D eigenvalue weighted by Crippen LogP contribution is 2.30. The van der Waals surface area contributed by atoms with Crippen LogP contribution in [0.25, 0.3) is 11.1 Å². The molecule has 1 saturated heterocycles. The van der Waals surface area contributed by atoms with Gasteiger partial charge in [-0.15, -0.1) is 0 Å². The summed E-state index contributed by atoms with van der Waals surface area (Å²) in [5.41, 5.74) is 2.30. The van der Waals surface area contributed by atoms with Crippen molar-refractivity contribution in [1.82, 2.24) is 14.9 Å². The van der Waals surface area contributed by atoms with E-state index in [1.807, 2.05) is 24.4 Å². The Morgan fingerprint density at radius 1 is 1.27 bits per heavy atom. The summed E-state index contributed by atoms with van der Waals surface area (Å²) >= 11 is 0. The average Bonchev–Trinajstić information content (AvgIpc) is 3.28. The maximum absolute atomic E-state index is 12.1. The molecule has 7 heteroatoms. The molecule has 0 aliphatic carbocycles. The summed E-state index contributed by atoms with van der Waals surface area (Å²) in [5.74, 6) is 0.987. The first-order chi connectivity index (χ1) is 12.5. The fraction of sp³-hybridized carbons (Fsp3) is 0.368. The van der Waals surface area contributed by atoms with Crippen LogP contribution in [0.2, 0.25) is 0 Å². The molecule has 0 amide bonds. The van der Waals surface area contributed by atoms with Crippen molar-refractivity contribution in [2.24, 2.45) is 0 Å². The van der Waals surface area contributed by atoms with Crippen molar-refractivity contribution in [2.45, 2.75) is 30.7 Å². The van der Waals surface area contributed by atoms with E-state index < -0.39 is 9.84 Å². The fourth-order valence-electron chi connectivity index (χ4n) is 3.36. The smallest absolute Gasteiger partial charge is 0.199 e. The van der Waals surface area contributed by atoms with E-state index >= 15 is 0 Å². The number of fused-ring (bicyclic) bond motifs is 1. The van der Waals surface area contributed by atoms with Crippen LogP contribution < -0.4 is 0 Å². The first-order valence-corrected chi connectivity index (χ1v) is 10.5. The van der Waals surface area contributed by atoms with Crippen LogP contribution in [0.3, 0.4) is 0 Å². The largest absolute Gasteiger partial charge is 0.440 e. The molecule has 3 heterocycles. The lowest BCUT2D eigenvalue weighted by molar-refractivity contribution is 0.317. The van der Waals surface area contributed by atoms with E-state index in [-0.39, 0.29) is 11.7 Å². The third-order valence-corrected chi connectivity index (χ3v) is 6.58. The van der Waals surface area contributed by atoms with E-state index in [4.69, 9.17) is 4.42 Å². The molecule has 1 aliphatic rings. The zero-order valence-corrected chi connectivity index (χ0v) is 15.4. The van der Waals surface area contributed by atoms with Gasteiger partial charge in [0.25, 0.3) is 0 Å². The van der Waals surface area contributed by atoms with Gasteiger partial charge in [-0.2, -0.15) is 0 Å². The minimum atomic E-state index is -3.24. The monoisotopic (exact) mass is 371 g/mol. The summed E-state index contributed by atoms with van der Waals surface area (Å²) in [4.78, 5) is 11.6. The normalized spacial score (nSPS) is 18.6. The lowest BCUT2D eigenvalue weighted by Gasteiger charge is -2.14. The standard InChI is InChI=1S/C19H21N3O3S/c1-2-26(23,24)16-6-7-18-17(11-16)21-19(25-18)14-8-10-22(12-14)13-15-5-3-4-9-20-15/h3-7,9,11,14H,2,8,10,12-13H2,1H3/t14-/m0/s1. The molecule has 1 fully saturated rings. The number of sulfone groups is 1. The number of benzene rings is 1. The highest BCUT2D eigenvalue weighted by molar-refractivity contribution is 7.91. The minimum absolute atomic E-state index is 0.0777. The molecule has 0 bridgehead atoms. The second kappa shape index (κ2) is 6.81. The van der Waals surface area contributed by atoms with Crippen LogP contribution in [0, 0.1) is 0 Å². The molecule has 0 saturated carbocycles. The van der Waals surface area contributed by atoms with E-state index in [0.717, 1.165) is 31.7 Å². The highest BCUT2D eigenvalue weighted by Gasteiger charge is 2.28. The Balaban J connectivity index is 1.52. The van der Waals surface area contributed by atoms with Crippen molar-refractivity contribution in [3.8, 4) is 0 Å². The molecular weight excluding hydrogens is 350 g/mol. The van der Waals surface area contributed by atoms with E-state index in [1.54, 1.807) is 25.1 Å². The molecule has 0 unspecified atom stereocenters. The van der Waals surface area contributed by atoms with Crippen molar-refractivity contribution in [3.63, 3.8) is 0 Å². The van der Waals surface area contributed by atoms with Gasteiger partial charge in [-0.05, 0) is 43.3 Å². The Morgan fingerprint density at radius 3 is 2.92 bits per heavy atom.